The van der Waals surface area contributed by atoms with Crippen molar-refractivity contribution in [3.8, 4) is 0 Å². The molecule has 1 aromatic heterocycles. The van der Waals surface area contributed by atoms with Crippen LogP contribution in [-0.2, 0) is 4.74 Å². The fourth-order valence-electron chi connectivity index (χ4n) is 1.63. The van der Waals surface area contributed by atoms with E-state index in [9.17, 15) is 4.79 Å². The summed E-state index contributed by atoms with van der Waals surface area (Å²) in [5.74, 6) is 0.269. The van der Waals surface area contributed by atoms with Crippen LogP contribution in [0.3, 0.4) is 0 Å². The van der Waals surface area contributed by atoms with Gasteiger partial charge in [0.15, 0.2) is 0 Å². The van der Waals surface area contributed by atoms with Gasteiger partial charge in [0.25, 0.3) is 5.91 Å². The molecular formula is C13H20ClN3O3. The molecule has 112 valence electrons. The number of nitrogens with one attached hydrogen (secondary N) is 1. The zero-order chi connectivity index (χ0) is 15.1. The Hall–Kier alpha value is -1.24. The summed E-state index contributed by atoms with van der Waals surface area (Å²) in [7, 11) is 1.53. The topological polar surface area (TPSA) is 84.3 Å². The second kappa shape index (κ2) is 8.14. The number of amides is 1. The van der Waals surface area contributed by atoms with Gasteiger partial charge in [-0.2, -0.15) is 0 Å². The highest BCUT2D eigenvalue weighted by Gasteiger charge is 2.19. The summed E-state index contributed by atoms with van der Waals surface area (Å²) in [6.45, 7) is 4.14. The molecule has 0 aliphatic heterocycles. The standard InChI is InChI=1S/C13H20ClN3O3/c1-8(2)12-15-6-10(14)11(17-12)13(19)16-9(4-5-18)7-20-3/h6,8-9,18H,4-5,7H2,1-3H3,(H,16,19). The first-order chi connectivity index (χ1) is 9.49. The number of aliphatic hydroxyl groups excluding tert-OH is 1. The maximum absolute atomic E-state index is 12.2. The number of nitrogens with zero attached hydrogens (tertiary/aromatic N) is 2. The van der Waals surface area contributed by atoms with Gasteiger partial charge in [-0.05, 0) is 6.42 Å². The lowest BCUT2D eigenvalue weighted by molar-refractivity contribution is 0.0873. The zero-order valence-electron chi connectivity index (χ0n) is 11.9. The van der Waals surface area contributed by atoms with E-state index in [0.717, 1.165) is 0 Å². The number of rotatable bonds is 7. The largest absolute Gasteiger partial charge is 0.396 e. The van der Waals surface area contributed by atoms with Gasteiger partial charge in [-0.3, -0.25) is 4.79 Å². The molecule has 0 bridgehead atoms. The van der Waals surface area contributed by atoms with Crippen molar-refractivity contribution in [2.75, 3.05) is 20.3 Å². The number of carbonyl (C=O) groups is 1. The van der Waals surface area contributed by atoms with E-state index in [4.69, 9.17) is 21.4 Å². The lowest BCUT2D eigenvalue weighted by atomic mass is 10.2. The molecule has 1 unspecified atom stereocenters. The second-order valence-corrected chi connectivity index (χ2v) is 5.12. The minimum atomic E-state index is -0.394. The van der Waals surface area contributed by atoms with Crippen LogP contribution in [0.5, 0.6) is 0 Å². The van der Waals surface area contributed by atoms with Gasteiger partial charge >= 0.3 is 0 Å². The summed E-state index contributed by atoms with van der Waals surface area (Å²) in [5.41, 5.74) is 0.143. The van der Waals surface area contributed by atoms with Gasteiger partial charge in [0.1, 0.15) is 11.5 Å². The fraction of sp³-hybridized carbons (Fsp3) is 0.615. The van der Waals surface area contributed by atoms with E-state index in [1.807, 2.05) is 13.8 Å². The Labute approximate surface area is 123 Å². The van der Waals surface area contributed by atoms with Crippen molar-refractivity contribution < 1.29 is 14.6 Å². The van der Waals surface area contributed by atoms with E-state index in [-0.39, 0.29) is 29.3 Å². The van der Waals surface area contributed by atoms with Gasteiger partial charge in [0.05, 0.1) is 23.9 Å². The predicted octanol–water partition coefficient (Wildman–Crippen LogP) is 1.38. The number of aromatic nitrogens is 2. The Morgan fingerprint density at radius 1 is 1.55 bits per heavy atom. The maximum Gasteiger partial charge on any atom is 0.271 e. The zero-order valence-corrected chi connectivity index (χ0v) is 12.6. The molecule has 0 saturated heterocycles. The van der Waals surface area contributed by atoms with Crippen molar-refractivity contribution in [3.63, 3.8) is 0 Å². The highest BCUT2D eigenvalue weighted by molar-refractivity contribution is 6.33. The smallest absolute Gasteiger partial charge is 0.271 e. The van der Waals surface area contributed by atoms with E-state index < -0.39 is 5.91 Å². The van der Waals surface area contributed by atoms with Crippen LogP contribution in [0.15, 0.2) is 6.20 Å². The first kappa shape index (κ1) is 16.8. The van der Waals surface area contributed by atoms with E-state index in [1.165, 1.54) is 13.3 Å². The minimum absolute atomic E-state index is 0.0386. The Balaban J connectivity index is 2.87. The number of hydrogen-bond donors (Lipinski definition) is 2. The third kappa shape index (κ3) is 4.70. The van der Waals surface area contributed by atoms with Gasteiger partial charge in [-0.25, -0.2) is 9.97 Å². The lowest BCUT2D eigenvalue weighted by Crippen LogP contribution is -2.39. The van der Waals surface area contributed by atoms with Crippen LogP contribution in [0.2, 0.25) is 5.02 Å². The molecule has 20 heavy (non-hydrogen) atoms. The van der Waals surface area contributed by atoms with E-state index in [0.29, 0.717) is 18.9 Å². The van der Waals surface area contributed by atoms with Crippen molar-refractivity contribution in [2.24, 2.45) is 0 Å². The van der Waals surface area contributed by atoms with Crippen LogP contribution in [0, 0.1) is 0 Å². The molecule has 0 spiro atoms. The molecular weight excluding hydrogens is 282 g/mol. The number of methoxy groups -OCH3 is 1. The number of hydrogen-bond acceptors (Lipinski definition) is 5. The number of aliphatic hydroxyl groups is 1. The highest BCUT2D eigenvalue weighted by atomic mass is 35.5. The third-order valence-corrected chi connectivity index (χ3v) is 2.95. The van der Waals surface area contributed by atoms with Crippen LogP contribution in [-0.4, -0.2) is 47.3 Å². The van der Waals surface area contributed by atoms with E-state index in [1.54, 1.807) is 0 Å². The Bertz CT molecular complexity index is 448. The van der Waals surface area contributed by atoms with Gasteiger partial charge in [0.2, 0.25) is 0 Å². The first-order valence-electron chi connectivity index (χ1n) is 6.42. The average Bonchev–Trinajstić information content (AvgIpc) is 2.39. The summed E-state index contributed by atoms with van der Waals surface area (Å²) in [4.78, 5) is 20.4. The van der Waals surface area contributed by atoms with Crippen molar-refractivity contribution in [1.82, 2.24) is 15.3 Å². The van der Waals surface area contributed by atoms with Crippen LogP contribution < -0.4 is 5.32 Å². The molecule has 0 radical (unpaired) electrons. The van der Waals surface area contributed by atoms with E-state index in [2.05, 4.69) is 15.3 Å². The third-order valence-electron chi connectivity index (χ3n) is 2.67. The van der Waals surface area contributed by atoms with Crippen LogP contribution in [0.4, 0.5) is 0 Å². The van der Waals surface area contributed by atoms with Gasteiger partial charge in [0, 0.05) is 19.6 Å². The SMILES string of the molecule is COCC(CCO)NC(=O)c1nc(C(C)C)ncc1Cl. The fourth-order valence-corrected chi connectivity index (χ4v) is 1.80. The molecule has 1 heterocycles. The van der Waals surface area contributed by atoms with Crippen LogP contribution in [0.25, 0.3) is 0 Å². The van der Waals surface area contributed by atoms with Gasteiger partial charge < -0.3 is 15.2 Å². The molecule has 7 heteroatoms. The summed E-state index contributed by atoms with van der Waals surface area (Å²) >= 11 is 5.97. The number of halogens is 1. The molecule has 2 N–H and O–H groups in total. The Kier molecular flexibility index (Phi) is 6.84. The van der Waals surface area contributed by atoms with Crippen LogP contribution in [0.1, 0.15) is 42.5 Å². The van der Waals surface area contributed by atoms with Crippen LogP contribution >= 0.6 is 11.6 Å². The lowest BCUT2D eigenvalue weighted by Gasteiger charge is -2.17. The average molecular weight is 302 g/mol. The molecule has 1 atom stereocenters. The number of ether oxygens (including phenoxy) is 1. The maximum atomic E-state index is 12.2. The predicted molar refractivity (Wildman–Crippen MR) is 76.0 cm³/mol. The van der Waals surface area contributed by atoms with Crippen molar-refractivity contribution >= 4 is 17.5 Å². The summed E-state index contributed by atoms with van der Waals surface area (Å²) in [6, 6.07) is -0.286. The molecule has 0 aliphatic rings. The monoisotopic (exact) mass is 301 g/mol. The molecule has 0 saturated carbocycles. The van der Waals surface area contributed by atoms with Crippen molar-refractivity contribution in [2.45, 2.75) is 32.2 Å². The summed E-state index contributed by atoms with van der Waals surface area (Å²) in [6.07, 6.45) is 1.83. The summed E-state index contributed by atoms with van der Waals surface area (Å²) < 4.78 is 4.99. The minimum Gasteiger partial charge on any atom is -0.396 e. The number of carbonyl (C=O) groups excluding carboxylic acids is 1. The molecule has 1 amide bonds. The van der Waals surface area contributed by atoms with Crippen molar-refractivity contribution in [1.29, 1.82) is 0 Å². The molecule has 1 rings (SSSR count). The molecule has 0 aliphatic carbocycles. The quantitative estimate of drug-likeness (QED) is 0.795. The van der Waals surface area contributed by atoms with Gasteiger partial charge in [-0.15, -0.1) is 0 Å². The Morgan fingerprint density at radius 2 is 2.25 bits per heavy atom. The van der Waals surface area contributed by atoms with Gasteiger partial charge in [-0.1, -0.05) is 25.4 Å². The first-order valence-corrected chi connectivity index (χ1v) is 6.80. The second-order valence-electron chi connectivity index (χ2n) is 4.72. The van der Waals surface area contributed by atoms with Crippen molar-refractivity contribution in [3.05, 3.63) is 22.7 Å². The van der Waals surface area contributed by atoms with E-state index >= 15 is 0 Å². The molecule has 0 aromatic carbocycles. The Morgan fingerprint density at radius 3 is 2.80 bits per heavy atom. The normalized spacial score (nSPS) is 12.5. The molecule has 1 aromatic rings. The molecule has 6 nitrogen and oxygen atoms in total. The molecule has 0 fully saturated rings. The summed E-state index contributed by atoms with van der Waals surface area (Å²) in [5, 5.41) is 11.9. The highest BCUT2D eigenvalue weighted by Crippen LogP contribution is 2.16.